The summed E-state index contributed by atoms with van der Waals surface area (Å²) in [7, 11) is 0. The van der Waals surface area contributed by atoms with Gasteiger partial charge in [0.15, 0.2) is 6.61 Å². The fraction of sp³-hybridized carbons (Fsp3) is 0.300. The molecule has 1 aromatic carbocycles. The lowest BCUT2D eigenvalue weighted by molar-refractivity contribution is -0.142. The first kappa shape index (κ1) is 21.0. The van der Waals surface area contributed by atoms with Crippen LogP contribution in [0.2, 0.25) is 0 Å². The first-order valence-electron chi connectivity index (χ1n) is 8.61. The van der Waals surface area contributed by atoms with Crippen LogP contribution in [-0.2, 0) is 14.3 Å². The Morgan fingerprint density at radius 3 is 2.36 bits per heavy atom. The third-order valence-corrected chi connectivity index (χ3v) is 3.74. The van der Waals surface area contributed by atoms with Crippen molar-refractivity contribution in [3.8, 4) is 0 Å². The van der Waals surface area contributed by atoms with Crippen LogP contribution in [0.5, 0.6) is 0 Å². The Labute approximate surface area is 162 Å². The monoisotopic (exact) mass is 387 g/mol. The number of nitrogens with zero attached hydrogens (tertiary/aromatic N) is 2. The van der Waals surface area contributed by atoms with Crippen LogP contribution in [0.1, 0.15) is 31.3 Å². The van der Waals surface area contributed by atoms with Gasteiger partial charge in [0.05, 0.1) is 0 Å². The van der Waals surface area contributed by atoms with Gasteiger partial charge in [0.1, 0.15) is 18.1 Å². The summed E-state index contributed by atoms with van der Waals surface area (Å²) < 4.78 is 18.0. The zero-order valence-electron chi connectivity index (χ0n) is 15.9. The first-order chi connectivity index (χ1) is 13.2. The highest BCUT2D eigenvalue weighted by atomic mass is 19.1. The van der Waals surface area contributed by atoms with E-state index in [9.17, 15) is 18.8 Å². The molecule has 0 saturated carbocycles. The Morgan fingerprint density at radius 1 is 1.11 bits per heavy atom. The van der Waals surface area contributed by atoms with Crippen LogP contribution in [0, 0.1) is 5.82 Å². The molecule has 0 spiro atoms. The summed E-state index contributed by atoms with van der Waals surface area (Å²) in [5.41, 5.74) is -0.185. The molecule has 0 fully saturated rings. The number of rotatable bonds is 6. The lowest BCUT2D eigenvalue weighted by Crippen LogP contribution is -2.50. The van der Waals surface area contributed by atoms with E-state index in [0.29, 0.717) is 5.69 Å². The molecule has 0 radical (unpaired) electrons. The van der Waals surface area contributed by atoms with E-state index in [1.165, 1.54) is 41.4 Å². The molecule has 2 amide bonds. The summed E-state index contributed by atoms with van der Waals surface area (Å²) >= 11 is 0. The number of amides is 2. The van der Waals surface area contributed by atoms with Gasteiger partial charge in [-0.25, -0.2) is 14.2 Å². The number of hydrogen-bond acceptors (Lipinski definition) is 5. The molecular formula is C20H22FN3O4. The molecule has 148 valence electrons. The van der Waals surface area contributed by atoms with Gasteiger partial charge in [-0.3, -0.25) is 9.59 Å². The molecule has 1 heterocycles. The van der Waals surface area contributed by atoms with E-state index in [4.69, 9.17) is 4.74 Å². The summed E-state index contributed by atoms with van der Waals surface area (Å²) in [5.74, 6) is -2.12. The number of carbonyl (C=O) groups is 3. The topological polar surface area (TPSA) is 88.6 Å². The summed E-state index contributed by atoms with van der Waals surface area (Å²) in [4.78, 5) is 42.0. The number of pyridine rings is 1. The number of halogens is 1. The largest absolute Gasteiger partial charge is 0.451 e. The zero-order chi connectivity index (χ0) is 20.7. The lowest BCUT2D eigenvalue weighted by atomic mass is 10.1. The van der Waals surface area contributed by atoms with Crippen LogP contribution in [0.3, 0.4) is 0 Å². The number of carbonyl (C=O) groups excluding carboxylic acids is 3. The molecule has 0 bridgehead atoms. The van der Waals surface area contributed by atoms with Crippen LogP contribution in [0.4, 0.5) is 10.1 Å². The highest BCUT2D eigenvalue weighted by Gasteiger charge is 2.29. The van der Waals surface area contributed by atoms with Crippen molar-refractivity contribution in [2.24, 2.45) is 0 Å². The van der Waals surface area contributed by atoms with Crippen LogP contribution in [-0.4, -0.2) is 46.4 Å². The van der Waals surface area contributed by atoms with E-state index in [1.54, 1.807) is 32.9 Å². The van der Waals surface area contributed by atoms with Gasteiger partial charge in [-0.1, -0.05) is 6.07 Å². The molecule has 0 unspecified atom stereocenters. The van der Waals surface area contributed by atoms with E-state index in [0.717, 1.165) is 0 Å². The highest BCUT2D eigenvalue weighted by molar-refractivity contribution is 5.95. The van der Waals surface area contributed by atoms with Gasteiger partial charge < -0.3 is 15.0 Å². The molecule has 0 aliphatic heterocycles. The highest BCUT2D eigenvalue weighted by Crippen LogP contribution is 2.15. The number of ether oxygens (including phenoxy) is 1. The van der Waals surface area contributed by atoms with E-state index >= 15 is 0 Å². The van der Waals surface area contributed by atoms with Crippen LogP contribution in [0.15, 0.2) is 48.7 Å². The molecule has 2 aromatic rings. The Hall–Kier alpha value is -3.29. The van der Waals surface area contributed by atoms with Crippen molar-refractivity contribution in [3.05, 3.63) is 60.2 Å². The molecule has 1 N–H and O–H groups in total. The minimum Gasteiger partial charge on any atom is -0.451 e. The molecule has 0 saturated heterocycles. The normalized spacial score (nSPS) is 10.9. The van der Waals surface area contributed by atoms with E-state index < -0.39 is 35.7 Å². The molecule has 0 atom stereocenters. The number of aromatic nitrogens is 1. The molecule has 1 aromatic heterocycles. The Balaban J connectivity index is 1.98. The Kier molecular flexibility index (Phi) is 6.81. The molecule has 2 rings (SSSR count). The van der Waals surface area contributed by atoms with Crippen molar-refractivity contribution >= 4 is 23.5 Å². The van der Waals surface area contributed by atoms with Crippen LogP contribution < -0.4 is 5.32 Å². The molecular weight excluding hydrogens is 365 g/mol. The van der Waals surface area contributed by atoms with Crippen molar-refractivity contribution in [3.63, 3.8) is 0 Å². The van der Waals surface area contributed by atoms with Gasteiger partial charge in [-0.15, -0.1) is 0 Å². The average Bonchev–Trinajstić information content (AvgIpc) is 2.65. The van der Waals surface area contributed by atoms with E-state index in [-0.39, 0.29) is 12.2 Å². The molecule has 28 heavy (non-hydrogen) atoms. The molecule has 0 aliphatic carbocycles. The van der Waals surface area contributed by atoms with Crippen LogP contribution in [0.25, 0.3) is 0 Å². The first-order valence-corrected chi connectivity index (χ1v) is 8.61. The second kappa shape index (κ2) is 9.07. The van der Waals surface area contributed by atoms with Gasteiger partial charge in [-0.05, 0) is 57.2 Å². The van der Waals surface area contributed by atoms with Gasteiger partial charge in [0.2, 0.25) is 5.91 Å². The summed E-state index contributed by atoms with van der Waals surface area (Å²) in [6.07, 6.45) is 1.44. The third-order valence-electron chi connectivity index (χ3n) is 3.74. The van der Waals surface area contributed by atoms with Crippen molar-refractivity contribution in [1.29, 1.82) is 0 Å². The molecule has 7 nitrogen and oxygen atoms in total. The van der Waals surface area contributed by atoms with E-state index in [2.05, 4.69) is 10.3 Å². The summed E-state index contributed by atoms with van der Waals surface area (Å²) in [5, 5.41) is 2.60. The summed E-state index contributed by atoms with van der Waals surface area (Å²) in [6.45, 7) is 4.52. The quantitative estimate of drug-likeness (QED) is 0.770. The predicted molar refractivity (Wildman–Crippen MR) is 101 cm³/mol. The number of hydrogen-bond donors (Lipinski definition) is 1. The van der Waals surface area contributed by atoms with Gasteiger partial charge in [0.25, 0.3) is 5.91 Å². The lowest BCUT2D eigenvalue weighted by Gasteiger charge is -2.35. The maximum atomic E-state index is 13.0. The van der Waals surface area contributed by atoms with Crippen molar-refractivity contribution in [1.82, 2.24) is 9.88 Å². The summed E-state index contributed by atoms with van der Waals surface area (Å²) in [6, 6.07) is 10.1. The van der Waals surface area contributed by atoms with E-state index in [1.807, 2.05) is 0 Å². The molecule has 8 heteroatoms. The minimum atomic E-state index is -0.724. The SMILES string of the molecule is CC(C)(C)N(CC(=O)Nc1ccc(F)cc1)C(=O)COC(=O)c1ccccn1. The number of benzene rings is 1. The Morgan fingerprint density at radius 2 is 1.79 bits per heavy atom. The van der Waals surface area contributed by atoms with Crippen molar-refractivity contribution in [2.45, 2.75) is 26.3 Å². The van der Waals surface area contributed by atoms with Crippen molar-refractivity contribution < 1.29 is 23.5 Å². The molecule has 0 aliphatic rings. The third kappa shape index (κ3) is 6.15. The zero-order valence-corrected chi connectivity index (χ0v) is 15.9. The Bertz CT molecular complexity index is 833. The van der Waals surface area contributed by atoms with Gasteiger partial charge in [0, 0.05) is 17.4 Å². The average molecular weight is 387 g/mol. The van der Waals surface area contributed by atoms with Crippen LogP contribution >= 0.6 is 0 Å². The smallest absolute Gasteiger partial charge is 0.357 e. The number of anilines is 1. The standard InChI is InChI=1S/C20H22FN3O4/c1-20(2,3)24(12-17(25)23-15-9-7-14(21)8-10-15)18(26)13-28-19(27)16-6-4-5-11-22-16/h4-11H,12-13H2,1-3H3,(H,23,25). The second-order valence-electron chi connectivity index (χ2n) is 7.00. The maximum absolute atomic E-state index is 13.0. The fourth-order valence-electron chi connectivity index (χ4n) is 2.34. The second-order valence-corrected chi connectivity index (χ2v) is 7.00. The minimum absolute atomic E-state index is 0.0895. The fourth-order valence-corrected chi connectivity index (χ4v) is 2.34. The number of esters is 1. The van der Waals surface area contributed by atoms with Gasteiger partial charge in [-0.2, -0.15) is 0 Å². The van der Waals surface area contributed by atoms with Gasteiger partial charge >= 0.3 is 5.97 Å². The predicted octanol–water partition coefficient (Wildman–Crippen LogP) is 2.64. The van der Waals surface area contributed by atoms with Crippen molar-refractivity contribution in [2.75, 3.05) is 18.5 Å². The maximum Gasteiger partial charge on any atom is 0.357 e. The number of nitrogens with one attached hydrogen (secondary N) is 1.